The monoisotopic (exact) mass is 533 g/mol. The number of nitrogens with one attached hydrogen (secondary N) is 2. The lowest BCUT2D eigenvalue weighted by Crippen LogP contribution is -2.45. The van der Waals surface area contributed by atoms with E-state index in [2.05, 4.69) is 32.6 Å². The molecule has 0 unspecified atom stereocenters. The number of allylic oxidation sites excluding steroid dienone is 1. The lowest BCUT2D eigenvalue weighted by atomic mass is 9.99. The number of hydrogen-bond acceptors (Lipinski definition) is 8. The minimum Gasteiger partial charge on any atom is -0.465 e. The summed E-state index contributed by atoms with van der Waals surface area (Å²) in [4.78, 5) is 35.5. The summed E-state index contributed by atoms with van der Waals surface area (Å²) in [5.74, 6) is -0.729. The first kappa shape index (κ1) is 27.5. The van der Waals surface area contributed by atoms with E-state index in [1.165, 1.54) is 7.11 Å². The molecule has 0 saturated carbocycles. The average Bonchev–Trinajstić information content (AvgIpc) is 3.38. The molecule has 0 atom stereocenters. The highest BCUT2D eigenvalue weighted by molar-refractivity contribution is 6.39. The molecule has 36 heavy (non-hydrogen) atoms. The van der Waals surface area contributed by atoms with E-state index in [0.29, 0.717) is 40.4 Å². The Kier molecular flexibility index (Phi) is 8.97. The van der Waals surface area contributed by atoms with Crippen molar-refractivity contribution in [2.24, 2.45) is 5.16 Å². The van der Waals surface area contributed by atoms with Gasteiger partial charge < -0.3 is 25.1 Å². The summed E-state index contributed by atoms with van der Waals surface area (Å²) in [5.41, 5.74) is 4.86. The number of amides is 1. The summed E-state index contributed by atoms with van der Waals surface area (Å²) in [6.07, 6.45) is 0. The Labute approximate surface area is 222 Å². The second kappa shape index (κ2) is 11.7. The number of benzene rings is 2. The fourth-order valence-electron chi connectivity index (χ4n) is 4.41. The third-order valence-electron chi connectivity index (χ3n) is 6.36. The number of anilines is 2. The number of ether oxygens (including phenoxy) is 1. The van der Waals surface area contributed by atoms with Gasteiger partial charge in [-0.2, -0.15) is 0 Å². The van der Waals surface area contributed by atoms with Crippen LogP contribution in [0.15, 0.2) is 53.3 Å². The van der Waals surface area contributed by atoms with Crippen molar-refractivity contribution in [2.75, 3.05) is 64.1 Å². The van der Waals surface area contributed by atoms with E-state index in [-0.39, 0.29) is 30.7 Å². The quantitative estimate of drug-likeness (QED) is 0.264. The van der Waals surface area contributed by atoms with Crippen LogP contribution >= 0.6 is 24.8 Å². The van der Waals surface area contributed by atoms with Gasteiger partial charge >= 0.3 is 5.97 Å². The number of fused-ring (bicyclic) bond motifs is 2. The van der Waals surface area contributed by atoms with E-state index in [0.717, 1.165) is 44.0 Å². The number of para-hydroxylation sites is 1. The molecule has 1 amide bonds. The number of methoxy groups -OCH3 is 1. The molecule has 5 rings (SSSR count). The molecule has 0 aliphatic carbocycles. The molecule has 0 aromatic heterocycles. The van der Waals surface area contributed by atoms with Crippen LogP contribution in [-0.2, 0) is 14.4 Å². The van der Waals surface area contributed by atoms with Crippen molar-refractivity contribution in [1.29, 1.82) is 0 Å². The molecule has 3 aliphatic heterocycles. The van der Waals surface area contributed by atoms with Crippen LogP contribution in [0.2, 0.25) is 0 Å². The zero-order valence-corrected chi connectivity index (χ0v) is 21.7. The molecular formula is C25H29Cl2N5O4. The molecule has 0 bridgehead atoms. The molecule has 0 radical (unpaired) electrons. The largest absolute Gasteiger partial charge is 0.465 e. The van der Waals surface area contributed by atoms with Gasteiger partial charge in [0.25, 0.3) is 5.91 Å². The molecule has 11 heteroatoms. The number of carbonyl (C=O) groups excluding carboxylic acids is 2. The first-order chi connectivity index (χ1) is 16.5. The van der Waals surface area contributed by atoms with Gasteiger partial charge in [0.1, 0.15) is 12.3 Å². The smallest absolute Gasteiger partial charge is 0.337 e. The second-order valence-corrected chi connectivity index (χ2v) is 8.54. The van der Waals surface area contributed by atoms with Crippen molar-refractivity contribution in [1.82, 2.24) is 9.80 Å². The summed E-state index contributed by atoms with van der Waals surface area (Å²) in [5, 5.41) is 10.7. The average molecular weight is 534 g/mol. The van der Waals surface area contributed by atoms with Gasteiger partial charge in [-0.3, -0.25) is 9.69 Å². The third kappa shape index (κ3) is 5.34. The Morgan fingerprint density at radius 1 is 1.00 bits per heavy atom. The van der Waals surface area contributed by atoms with Gasteiger partial charge in [-0.05, 0) is 31.3 Å². The maximum Gasteiger partial charge on any atom is 0.337 e. The van der Waals surface area contributed by atoms with Crippen LogP contribution < -0.4 is 10.6 Å². The number of oxime groups is 1. The van der Waals surface area contributed by atoms with E-state index in [1.807, 2.05) is 24.3 Å². The van der Waals surface area contributed by atoms with Crippen molar-refractivity contribution in [3.05, 3.63) is 64.9 Å². The number of hydrogen-bond donors (Lipinski definition) is 2. The molecule has 9 nitrogen and oxygen atoms in total. The maximum absolute atomic E-state index is 13.0. The van der Waals surface area contributed by atoms with Crippen LogP contribution in [-0.4, -0.2) is 80.9 Å². The number of piperazine rings is 1. The molecule has 2 N–H and O–H groups in total. The fraction of sp³-hybridized carbons (Fsp3) is 0.320. The number of halogens is 2. The van der Waals surface area contributed by atoms with Gasteiger partial charge in [0, 0.05) is 55.2 Å². The fourth-order valence-corrected chi connectivity index (χ4v) is 4.41. The molecule has 3 aliphatic rings. The SMILES string of the molecule is COC(=O)c1ccc2c(c1)/C(=C1/Nc3ccccc3/C1=N\OCCN1CCN(C)CC1)C(=O)N2.Cl.Cl. The Balaban J connectivity index is 0.00000180. The van der Waals surface area contributed by atoms with Crippen molar-refractivity contribution in [2.45, 2.75) is 0 Å². The lowest BCUT2D eigenvalue weighted by molar-refractivity contribution is -0.110. The third-order valence-corrected chi connectivity index (χ3v) is 6.36. The highest BCUT2D eigenvalue weighted by atomic mass is 35.5. The van der Waals surface area contributed by atoms with Crippen molar-refractivity contribution in [3.63, 3.8) is 0 Å². The minimum atomic E-state index is -0.463. The zero-order valence-electron chi connectivity index (χ0n) is 20.1. The van der Waals surface area contributed by atoms with Gasteiger partial charge in [-0.1, -0.05) is 23.4 Å². The molecule has 192 valence electrons. The molecule has 0 spiro atoms. The first-order valence-electron chi connectivity index (χ1n) is 11.3. The van der Waals surface area contributed by atoms with Gasteiger partial charge in [-0.15, -0.1) is 24.8 Å². The summed E-state index contributed by atoms with van der Waals surface area (Å²) >= 11 is 0. The van der Waals surface area contributed by atoms with Gasteiger partial charge in [0.05, 0.1) is 23.9 Å². The van der Waals surface area contributed by atoms with Crippen LogP contribution in [0.3, 0.4) is 0 Å². The normalized spacial score (nSPS) is 19.9. The molecule has 2 aromatic rings. The zero-order chi connectivity index (χ0) is 23.7. The van der Waals surface area contributed by atoms with E-state index in [9.17, 15) is 9.59 Å². The first-order valence-corrected chi connectivity index (χ1v) is 11.3. The number of esters is 1. The second-order valence-electron chi connectivity index (χ2n) is 8.54. The number of nitrogens with zero attached hydrogens (tertiary/aromatic N) is 3. The molecule has 1 saturated heterocycles. The van der Waals surface area contributed by atoms with E-state index < -0.39 is 5.97 Å². The Morgan fingerprint density at radius 3 is 2.47 bits per heavy atom. The van der Waals surface area contributed by atoms with E-state index in [4.69, 9.17) is 9.57 Å². The topological polar surface area (TPSA) is 95.5 Å². The van der Waals surface area contributed by atoms with Crippen LogP contribution in [0.5, 0.6) is 0 Å². The Hall–Kier alpha value is -3.11. The predicted molar refractivity (Wildman–Crippen MR) is 144 cm³/mol. The van der Waals surface area contributed by atoms with E-state index in [1.54, 1.807) is 18.2 Å². The standard InChI is InChI=1S/C25H27N5O4.2ClH/c1-29-9-11-30(12-10-29)13-14-34-28-22-17-5-3-4-6-19(17)26-23(22)21-18-15-16(25(32)33-2)7-8-20(18)27-24(21)31;;/h3-8,15,26H,9-14H2,1-2H3,(H,27,31);2*1H/b23-21-,28-22+;;. The number of likely N-dealkylation sites (N-methyl/N-ethyl adjacent to an activating group) is 1. The highest BCUT2D eigenvalue weighted by Crippen LogP contribution is 2.39. The van der Waals surface area contributed by atoms with Crippen molar-refractivity contribution >= 4 is 59.4 Å². The molecule has 2 aromatic carbocycles. The molecule has 3 heterocycles. The van der Waals surface area contributed by atoms with Crippen LogP contribution in [0.25, 0.3) is 5.57 Å². The number of carbonyl (C=O) groups is 2. The highest BCUT2D eigenvalue weighted by Gasteiger charge is 2.34. The summed E-state index contributed by atoms with van der Waals surface area (Å²) in [7, 11) is 3.46. The van der Waals surface area contributed by atoms with Gasteiger partial charge in [0.15, 0.2) is 0 Å². The maximum atomic E-state index is 13.0. The molecular weight excluding hydrogens is 505 g/mol. The van der Waals surface area contributed by atoms with E-state index >= 15 is 0 Å². The summed E-state index contributed by atoms with van der Waals surface area (Å²) in [6.45, 7) is 5.35. The predicted octanol–water partition coefficient (Wildman–Crippen LogP) is 3.07. The van der Waals surface area contributed by atoms with Crippen LogP contribution in [0.1, 0.15) is 21.5 Å². The lowest BCUT2D eigenvalue weighted by Gasteiger charge is -2.31. The summed E-state index contributed by atoms with van der Waals surface area (Å²) < 4.78 is 4.85. The summed E-state index contributed by atoms with van der Waals surface area (Å²) in [6, 6.07) is 12.7. The molecule has 1 fully saturated rings. The van der Waals surface area contributed by atoms with Gasteiger partial charge in [0.2, 0.25) is 0 Å². The van der Waals surface area contributed by atoms with Crippen molar-refractivity contribution in [3.8, 4) is 0 Å². The van der Waals surface area contributed by atoms with Crippen LogP contribution in [0.4, 0.5) is 11.4 Å². The number of rotatable bonds is 5. The van der Waals surface area contributed by atoms with Gasteiger partial charge in [-0.25, -0.2) is 4.79 Å². The van der Waals surface area contributed by atoms with Crippen molar-refractivity contribution < 1.29 is 19.2 Å². The minimum absolute atomic E-state index is 0. The Morgan fingerprint density at radius 2 is 1.72 bits per heavy atom. The Bertz CT molecular complexity index is 1210. The van der Waals surface area contributed by atoms with Crippen LogP contribution in [0, 0.1) is 0 Å².